The molecule has 0 saturated heterocycles. The average Bonchev–Trinajstić information content (AvgIpc) is 2.81. The van der Waals surface area contributed by atoms with Crippen LogP contribution in [0, 0.1) is 5.92 Å². The SMILES string of the molecule is COC(=O)C(C)CS(=O)CC1COc2ccccc21. The van der Waals surface area contributed by atoms with Crippen molar-refractivity contribution in [1.29, 1.82) is 0 Å². The molecule has 5 heteroatoms. The number of ether oxygens (including phenoxy) is 2. The van der Waals surface area contributed by atoms with Gasteiger partial charge in [-0.15, -0.1) is 0 Å². The van der Waals surface area contributed by atoms with E-state index in [2.05, 4.69) is 4.74 Å². The normalized spacial score (nSPS) is 20.2. The Kier molecular flexibility index (Phi) is 4.58. The third-order valence-electron chi connectivity index (χ3n) is 3.23. The monoisotopic (exact) mass is 282 g/mol. The second-order valence-electron chi connectivity index (χ2n) is 4.74. The number of carbonyl (C=O) groups is 1. The highest BCUT2D eigenvalue weighted by Crippen LogP contribution is 2.33. The average molecular weight is 282 g/mol. The Bertz CT molecular complexity index is 486. The van der Waals surface area contributed by atoms with Gasteiger partial charge in [0.25, 0.3) is 0 Å². The summed E-state index contributed by atoms with van der Waals surface area (Å²) < 4.78 is 22.3. The van der Waals surface area contributed by atoms with Crippen LogP contribution in [-0.2, 0) is 20.3 Å². The highest BCUT2D eigenvalue weighted by atomic mass is 32.2. The van der Waals surface area contributed by atoms with E-state index in [1.807, 2.05) is 24.3 Å². The summed E-state index contributed by atoms with van der Waals surface area (Å²) in [4.78, 5) is 11.3. The lowest BCUT2D eigenvalue weighted by atomic mass is 10.0. The van der Waals surface area contributed by atoms with Crippen LogP contribution in [0.4, 0.5) is 0 Å². The molecule has 1 aliphatic heterocycles. The Morgan fingerprint density at radius 2 is 2.26 bits per heavy atom. The number of rotatable bonds is 5. The molecule has 1 aromatic carbocycles. The van der Waals surface area contributed by atoms with Gasteiger partial charge in [-0.05, 0) is 6.07 Å². The number of carbonyl (C=O) groups excluding carboxylic acids is 1. The molecule has 0 N–H and O–H groups in total. The van der Waals surface area contributed by atoms with E-state index in [1.165, 1.54) is 7.11 Å². The number of methoxy groups -OCH3 is 1. The van der Waals surface area contributed by atoms with Gasteiger partial charge in [-0.1, -0.05) is 25.1 Å². The summed E-state index contributed by atoms with van der Waals surface area (Å²) in [5, 5.41) is 0. The first-order valence-corrected chi connectivity index (χ1v) is 7.75. The van der Waals surface area contributed by atoms with Crippen LogP contribution in [0.3, 0.4) is 0 Å². The van der Waals surface area contributed by atoms with Crippen molar-refractivity contribution < 1.29 is 18.5 Å². The highest BCUT2D eigenvalue weighted by molar-refractivity contribution is 7.85. The molecule has 3 atom stereocenters. The van der Waals surface area contributed by atoms with E-state index in [-0.39, 0.29) is 17.8 Å². The standard InChI is InChI=1S/C14H18O4S/c1-10(14(15)17-2)8-19(16)9-11-7-18-13-6-4-3-5-12(11)13/h3-6,10-11H,7-9H2,1-2H3. The Hall–Kier alpha value is -1.36. The Morgan fingerprint density at radius 3 is 3.00 bits per heavy atom. The third-order valence-corrected chi connectivity index (χ3v) is 4.87. The fourth-order valence-electron chi connectivity index (χ4n) is 2.21. The zero-order chi connectivity index (χ0) is 13.8. The molecule has 0 radical (unpaired) electrons. The predicted octanol–water partition coefficient (Wildman–Crippen LogP) is 1.72. The van der Waals surface area contributed by atoms with Gasteiger partial charge < -0.3 is 9.47 Å². The van der Waals surface area contributed by atoms with Crippen LogP contribution >= 0.6 is 0 Å². The molecule has 1 aliphatic rings. The van der Waals surface area contributed by atoms with E-state index >= 15 is 0 Å². The summed E-state index contributed by atoms with van der Waals surface area (Å²) in [5.41, 5.74) is 1.11. The fourth-order valence-corrected chi connectivity index (χ4v) is 3.76. The maximum atomic E-state index is 12.1. The molecule has 0 saturated carbocycles. The fraction of sp³-hybridized carbons (Fsp3) is 0.500. The van der Waals surface area contributed by atoms with E-state index in [9.17, 15) is 9.00 Å². The number of para-hydroxylation sites is 1. The van der Waals surface area contributed by atoms with E-state index in [1.54, 1.807) is 6.92 Å². The van der Waals surface area contributed by atoms with Crippen molar-refractivity contribution in [3.05, 3.63) is 29.8 Å². The number of benzene rings is 1. The van der Waals surface area contributed by atoms with Gasteiger partial charge >= 0.3 is 5.97 Å². The molecule has 0 fully saturated rings. The Labute approximate surface area is 115 Å². The van der Waals surface area contributed by atoms with E-state index in [0.29, 0.717) is 18.1 Å². The second kappa shape index (κ2) is 6.19. The van der Waals surface area contributed by atoms with Crippen LogP contribution in [0.1, 0.15) is 18.4 Å². The summed E-state index contributed by atoms with van der Waals surface area (Å²) in [6.07, 6.45) is 0. The molecule has 0 amide bonds. The molecule has 0 aliphatic carbocycles. The molecule has 2 rings (SSSR count). The van der Waals surface area contributed by atoms with Crippen molar-refractivity contribution in [2.45, 2.75) is 12.8 Å². The molecular weight excluding hydrogens is 264 g/mol. The van der Waals surface area contributed by atoms with E-state index in [0.717, 1.165) is 11.3 Å². The lowest BCUT2D eigenvalue weighted by molar-refractivity contribution is -0.144. The van der Waals surface area contributed by atoms with Gasteiger partial charge in [0.15, 0.2) is 0 Å². The largest absolute Gasteiger partial charge is 0.493 e. The van der Waals surface area contributed by atoms with Crippen molar-refractivity contribution >= 4 is 16.8 Å². The Balaban J connectivity index is 1.92. The van der Waals surface area contributed by atoms with Crippen molar-refractivity contribution in [3.8, 4) is 5.75 Å². The van der Waals surface area contributed by atoms with E-state index < -0.39 is 10.8 Å². The Morgan fingerprint density at radius 1 is 1.53 bits per heavy atom. The molecule has 1 aromatic rings. The van der Waals surface area contributed by atoms with Crippen LogP contribution < -0.4 is 4.74 Å². The summed E-state index contributed by atoms with van der Waals surface area (Å²) in [7, 11) is 0.300. The van der Waals surface area contributed by atoms with Gasteiger partial charge in [0, 0.05) is 33.8 Å². The molecule has 0 spiro atoms. The van der Waals surface area contributed by atoms with Crippen molar-refractivity contribution in [3.63, 3.8) is 0 Å². The first-order valence-electron chi connectivity index (χ1n) is 6.26. The van der Waals surface area contributed by atoms with Crippen molar-refractivity contribution in [2.24, 2.45) is 5.92 Å². The smallest absolute Gasteiger partial charge is 0.309 e. The minimum Gasteiger partial charge on any atom is -0.493 e. The number of esters is 1. The quantitative estimate of drug-likeness (QED) is 0.772. The second-order valence-corrected chi connectivity index (χ2v) is 6.29. The summed E-state index contributed by atoms with van der Waals surface area (Å²) in [6.45, 7) is 2.31. The van der Waals surface area contributed by atoms with Crippen LogP contribution in [-0.4, -0.2) is 35.4 Å². The van der Waals surface area contributed by atoms with Crippen LogP contribution in [0.25, 0.3) is 0 Å². The molecule has 3 unspecified atom stereocenters. The lowest BCUT2D eigenvalue weighted by Crippen LogP contribution is -2.22. The maximum Gasteiger partial charge on any atom is 0.309 e. The van der Waals surface area contributed by atoms with Gasteiger partial charge in [0.2, 0.25) is 0 Å². The first kappa shape index (κ1) is 14.1. The lowest BCUT2D eigenvalue weighted by Gasteiger charge is -2.11. The van der Waals surface area contributed by atoms with E-state index in [4.69, 9.17) is 4.74 Å². The predicted molar refractivity (Wildman–Crippen MR) is 73.7 cm³/mol. The zero-order valence-electron chi connectivity index (χ0n) is 11.1. The number of hydrogen-bond acceptors (Lipinski definition) is 4. The molecule has 19 heavy (non-hydrogen) atoms. The molecule has 1 heterocycles. The summed E-state index contributed by atoms with van der Waals surface area (Å²) in [6, 6.07) is 7.82. The summed E-state index contributed by atoms with van der Waals surface area (Å²) >= 11 is 0. The van der Waals surface area contributed by atoms with Crippen LogP contribution in [0.5, 0.6) is 5.75 Å². The number of hydrogen-bond donors (Lipinski definition) is 0. The summed E-state index contributed by atoms with van der Waals surface area (Å²) in [5.74, 6) is 1.26. The molecule has 104 valence electrons. The van der Waals surface area contributed by atoms with Gasteiger partial charge in [-0.3, -0.25) is 9.00 Å². The minimum atomic E-state index is -1.05. The number of fused-ring (bicyclic) bond motifs is 1. The molecule has 0 aromatic heterocycles. The molecule has 0 bridgehead atoms. The van der Waals surface area contributed by atoms with Gasteiger partial charge in [0.1, 0.15) is 5.75 Å². The van der Waals surface area contributed by atoms with Crippen LogP contribution in [0.15, 0.2) is 24.3 Å². The van der Waals surface area contributed by atoms with Crippen LogP contribution in [0.2, 0.25) is 0 Å². The highest BCUT2D eigenvalue weighted by Gasteiger charge is 2.26. The van der Waals surface area contributed by atoms with Gasteiger partial charge in [-0.2, -0.15) is 0 Å². The maximum absolute atomic E-state index is 12.1. The van der Waals surface area contributed by atoms with Gasteiger partial charge in [0.05, 0.1) is 19.6 Å². The zero-order valence-corrected chi connectivity index (χ0v) is 11.9. The molecule has 4 nitrogen and oxygen atoms in total. The van der Waals surface area contributed by atoms with Crippen molar-refractivity contribution in [1.82, 2.24) is 0 Å². The first-order chi connectivity index (χ1) is 9.11. The van der Waals surface area contributed by atoms with Crippen molar-refractivity contribution in [2.75, 3.05) is 25.2 Å². The minimum absolute atomic E-state index is 0.155. The van der Waals surface area contributed by atoms with Gasteiger partial charge in [-0.25, -0.2) is 0 Å². The topological polar surface area (TPSA) is 52.6 Å². The molecular formula is C14H18O4S. The third kappa shape index (κ3) is 3.35.